The first-order valence-corrected chi connectivity index (χ1v) is 10.8. The lowest BCUT2D eigenvalue weighted by Crippen LogP contribution is -2.05. The lowest BCUT2D eigenvalue weighted by atomic mass is 9.82. The lowest BCUT2D eigenvalue weighted by Gasteiger charge is -2.23. The zero-order valence-electron chi connectivity index (χ0n) is 17.8. The first-order chi connectivity index (χ1) is 14.2. The molecule has 0 nitrogen and oxygen atoms in total. The third-order valence-electron chi connectivity index (χ3n) is 6.03. The maximum Gasteiger partial charge on any atom is 0.00590 e. The van der Waals surface area contributed by atoms with Crippen LogP contribution >= 0.6 is 0 Å². The van der Waals surface area contributed by atoms with Gasteiger partial charge in [0.1, 0.15) is 0 Å². The van der Waals surface area contributed by atoms with E-state index in [9.17, 15) is 0 Å². The van der Waals surface area contributed by atoms with Gasteiger partial charge in [-0.15, -0.1) is 0 Å². The predicted octanol–water partition coefficient (Wildman–Crippen LogP) is 8.05. The smallest absolute Gasteiger partial charge is 0.00590 e. The van der Waals surface area contributed by atoms with Crippen molar-refractivity contribution in [3.8, 4) is 11.1 Å². The summed E-state index contributed by atoms with van der Waals surface area (Å²) in [6.07, 6.45) is 10.5. The molecule has 0 amide bonds. The van der Waals surface area contributed by atoms with Gasteiger partial charge in [-0.05, 0) is 65.6 Å². The van der Waals surface area contributed by atoms with Crippen LogP contribution < -0.4 is 0 Å². The van der Waals surface area contributed by atoms with Gasteiger partial charge in [-0.2, -0.15) is 0 Å². The Balaban J connectivity index is 1.68. The molecule has 29 heavy (non-hydrogen) atoms. The minimum absolute atomic E-state index is 0.453. The molecule has 0 fully saturated rings. The van der Waals surface area contributed by atoms with Crippen molar-refractivity contribution < 1.29 is 0 Å². The van der Waals surface area contributed by atoms with Crippen molar-refractivity contribution in [2.45, 2.75) is 46.0 Å². The van der Waals surface area contributed by atoms with Crippen LogP contribution in [0.1, 0.15) is 53.5 Å². The van der Waals surface area contributed by atoms with Gasteiger partial charge in [0.15, 0.2) is 0 Å². The Labute approximate surface area is 175 Å². The van der Waals surface area contributed by atoms with Crippen LogP contribution in [0.2, 0.25) is 0 Å². The van der Waals surface area contributed by atoms with Gasteiger partial charge in [-0.1, -0.05) is 104 Å². The third kappa shape index (κ3) is 4.12. The highest BCUT2D eigenvalue weighted by molar-refractivity contribution is 5.76. The van der Waals surface area contributed by atoms with Crippen molar-refractivity contribution in [3.05, 3.63) is 113 Å². The van der Waals surface area contributed by atoms with E-state index in [1.54, 1.807) is 0 Å². The van der Waals surface area contributed by atoms with Crippen LogP contribution in [0.4, 0.5) is 0 Å². The molecule has 0 spiro atoms. The van der Waals surface area contributed by atoms with Gasteiger partial charge < -0.3 is 0 Å². The van der Waals surface area contributed by atoms with Crippen molar-refractivity contribution in [2.24, 2.45) is 0 Å². The number of hydrogen-bond acceptors (Lipinski definition) is 0. The molecule has 3 aromatic carbocycles. The molecule has 4 rings (SSSR count). The van der Waals surface area contributed by atoms with Gasteiger partial charge in [-0.25, -0.2) is 0 Å². The maximum atomic E-state index is 2.41. The van der Waals surface area contributed by atoms with E-state index in [0.717, 1.165) is 19.3 Å². The Morgan fingerprint density at radius 2 is 1.59 bits per heavy atom. The minimum atomic E-state index is 0.453. The van der Waals surface area contributed by atoms with Gasteiger partial charge in [0, 0.05) is 5.92 Å². The minimum Gasteiger partial charge on any atom is -0.0761 e. The topological polar surface area (TPSA) is 0 Å². The van der Waals surface area contributed by atoms with Crippen LogP contribution in [-0.2, 0) is 6.42 Å². The van der Waals surface area contributed by atoms with Gasteiger partial charge in [-0.3, -0.25) is 0 Å². The Morgan fingerprint density at radius 3 is 2.28 bits per heavy atom. The van der Waals surface area contributed by atoms with Crippen LogP contribution in [0, 0.1) is 13.8 Å². The maximum absolute atomic E-state index is 2.41. The number of benzene rings is 3. The summed E-state index contributed by atoms with van der Waals surface area (Å²) < 4.78 is 0. The molecule has 1 aliphatic carbocycles. The molecule has 1 unspecified atom stereocenters. The summed E-state index contributed by atoms with van der Waals surface area (Å²) in [6, 6.07) is 24.5. The highest BCUT2D eigenvalue weighted by atomic mass is 14.2. The molecule has 0 N–H and O–H groups in total. The van der Waals surface area contributed by atoms with Crippen molar-refractivity contribution >= 4 is 5.57 Å². The van der Waals surface area contributed by atoms with Gasteiger partial charge in [0.2, 0.25) is 0 Å². The zero-order valence-corrected chi connectivity index (χ0v) is 17.8. The van der Waals surface area contributed by atoms with E-state index in [0.29, 0.717) is 5.92 Å². The molecule has 0 saturated heterocycles. The molecule has 1 aliphatic rings. The van der Waals surface area contributed by atoms with E-state index >= 15 is 0 Å². The Morgan fingerprint density at radius 1 is 0.828 bits per heavy atom. The molecule has 0 aromatic heterocycles. The fourth-order valence-electron chi connectivity index (χ4n) is 4.42. The normalized spacial score (nSPS) is 16.0. The molecule has 0 radical (unpaired) electrons. The number of allylic oxidation sites excluding steroid dienone is 4. The van der Waals surface area contributed by atoms with E-state index in [1.165, 1.54) is 44.5 Å². The van der Waals surface area contributed by atoms with E-state index in [2.05, 4.69) is 106 Å². The summed E-state index contributed by atoms with van der Waals surface area (Å²) in [5.41, 5.74) is 11.1. The Kier molecular flexibility index (Phi) is 5.81. The lowest BCUT2D eigenvalue weighted by molar-refractivity contribution is 0.818. The predicted molar refractivity (Wildman–Crippen MR) is 126 cm³/mol. The standard InChI is InChI=1S/C29H30/c1-4-8-28-27(11-7-12-29(28)26-10-6-5-9-22(26)3)25-19-17-24(18-20-25)23-15-13-21(2)14-16-23/h5-7,9-19,25H,4,8,20H2,1-3H3. The number of aryl methyl sites for hydroxylation is 2. The zero-order chi connectivity index (χ0) is 20.2. The fraction of sp³-hybridized carbons (Fsp3) is 0.241. The first-order valence-electron chi connectivity index (χ1n) is 10.8. The number of rotatable bonds is 5. The Hall–Kier alpha value is -2.86. The summed E-state index contributed by atoms with van der Waals surface area (Å²) >= 11 is 0. The third-order valence-corrected chi connectivity index (χ3v) is 6.03. The average Bonchev–Trinajstić information content (AvgIpc) is 2.75. The average molecular weight is 379 g/mol. The van der Waals surface area contributed by atoms with Crippen molar-refractivity contribution in [2.75, 3.05) is 0 Å². The van der Waals surface area contributed by atoms with E-state index in [1.807, 2.05) is 0 Å². The highest BCUT2D eigenvalue weighted by Gasteiger charge is 2.18. The molecule has 1 atom stereocenters. The van der Waals surface area contributed by atoms with Gasteiger partial charge in [0.25, 0.3) is 0 Å². The highest BCUT2D eigenvalue weighted by Crippen LogP contribution is 2.37. The van der Waals surface area contributed by atoms with Crippen LogP contribution in [0.25, 0.3) is 16.7 Å². The quantitative estimate of drug-likeness (QED) is 0.421. The van der Waals surface area contributed by atoms with Crippen LogP contribution in [0.3, 0.4) is 0 Å². The van der Waals surface area contributed by atoms with E-state index in [-0.39, 0.29) is 0 Å². The van der Waals surface area contributed by atoms with Gasteiger partial charge in [0.05, 0.1) is 0 Å². The molecular weight excluding hydrogens is 348 g/mol. The summed E-state index contributed by atoms with van der Waals surface area (Å²) in [6.45, 7) is 6.64. The summed E-state index contributed by atoms with van der Waals surface area (Å²) in [5, 5.41) is 0. The second-order valence-corrected chi connectivity index (χ2v) is 8.17. The largest absolute Gasteiger partial charge is 0.0761 e. The summed E-state index contributed by atoms with van der Waals surface area (Å²) in [7, 11) is 0. The summed E-state index contributed by atoms with van der Waals surface area (Å²) in [5.74, 6) is 0.453. The van der Waals surface area contributed by atoms with Gasteiger partial charge >= 0.3 is 0 Å². The number of hydrogen-bond donors (Lipinski definition) is 0. The van der Waals surface area contributed by atoms with Crippen molar-refractivity contribution in [1.29, 1.82) is 0 Å². The van der Waals surface area contributed by atoms with Crippen LogP contribution in [0.5, 0.6) is 0 Å². The summed E-state index contributed by atoms with van der Waals surface area (Å²) in [4.78, 5) is 0. The molecule has 0 heterocycles. The van der Waals surface area contributed by atoms with Crippen molar-refractivity contribution in [3.63, 3.8) is 0 Å². The van der Waals surface area contributed by atoms with Crippen LogP contribution in [0.15, 0.2) is 85.0 Å². The molecule has 0 aliphatic heterocycles. The molecule has 0 bridgehead atoms. The SMILES string of the molecule is CCCc1c(-c2ccccc2C)cccc1C1C=CC(c2ccc(C)cc2)=CC1. The Bertz CT molecular complexity index is 1050. The fourth-order valence-corrected chi connectivity index (χ4v) is 4.42. The second-order valence-electron chi connectivity index (χ2n) is 8.17. The van der Waals surface area contributed by atoms with Crippen LogP contribution in [-0.4, -0.2) is 0 Å². The van der Waals surface area contributed by atoms with E-state index < -0.39 is 0 Å². The second kappa shape index (κ2) is 8.66. The molecular formula is C29H30. The molecule has 3 aromatic rings. The van der Waals surface area contributed by atoms with Crippen molar-refractivity contribution in [1.82, 2.24) is 0 Å². The molecule has 0 heteroatoms. The molecule has 0 saturated carbocycles. The van der Waals surface area contributed by atoms with E-state index in [4.69, 9.17) is 0 Å². The first kappa shape index (κ1) is 19.5. The monoisotopic (exact) mass is 378 g/mol. The molecule has 146 valence electrons.